The van der Waals surface area contributed by atoms with Crippen LogP contribution in [-0.2, 0) is 0 Å². The minimum Gasteiger partial charge on any atom is -0.490 e. The molecule has 0 atom stereocenters. The molecule has 0 aromatic carbocycles. The fourth-order valence-corrected chi connectivity index (χ4v) is 2.95. The van der Waals surface area contributed by atoms with E-state index in [4.69, 9.17) is 16.3 Å². The third kappa shape index (κ3) is 3.53. The minimum absolute atomic E-state index is 0.0335. The molecule has 3 nitrogen and oxygen atoms in total. The van der Waals surface area contributed by atoms with E-state index >= 15 is 0 Å². The van der Waals surface area contributed by atoms with Gasteiger partial charge >= 0.3 is 0 Å². The summed E-state index contributed by atoms with van der Waals surface area (Å²) in [4.78, 5) is 4.41. The summed E-state index contributed by atoms with van der Waals surface area (Å²) in [5.41, 5.74) is -0.0335. The summed E-state index contributed by atoms with van der Waals surface area (Å²) < 4.78 is 5.62. The quantitative estimate of drug-likeness (QED) is 0.826. The first-order chi connectivity index (χ1) is 9.19. The molecule has 19 heavy (non-hydrogen) atoms. The molecule has 0 aliphatic heterocycles. The zero-order valence-corrected chi connectivity index (χ0v) is 12.5. The summed E-state index contributed by atoms with van der Waals surface area (Å²) in [7, 11) is 0. The van der Waals surface area contributed by atoms with E-state index in [2.05, 4.69) is 17.2 Å². The summed E-state index contributed by atoms with van der Waals surface area (Å²) in [6.45, 7) is 4.94. The highest BCUT2D eigenvalue weighted by molar-refractivity contribution is 6.18. The molecule has 4 heteroatoms. The second-order valence-corrected chi connectivity index (χ2v) is 5.77. The molecule has 0 amide bonds. The lowest BCUT2D eigenvalue weighted by Gasteiger charge is -2.39. The van der Waals surface area contributed by atoms with E-state index in [9.17, 15) is 0 Å². The Bertz CT molecular complexity index is 403. The lowest BCUT2D eigenvalue weighted by atomic mass is 9.78. The van der Waals surface area contributed by atoms with Gasteiger partial charge < -0.3 is 10.1 Å². The predicted molar refractivity (Wildman–Crippen MR) is 80.1 cm³/mol. The van der Waals surface area contributed by atoms with Gasteiger partial charge in [0.05, 0.1) is 12.1 Å². The van der Waals surface area contributed by atoms with Crippen LogP contribution in [-0.4, -0.2) is 23.0 Å². The highest BCUT2D eigenvalue weighted by Crippen LogP contribution is 2.36. The van der Waals surface area contributed by atoms with E-state index in [0.717, 1.165) is 30.3 Å². The number of pyridine rings is 1. The van der Waals surface area contributed by atoms with Crippen LogP contribution in [0.1, 0.15) is 39.5 Å². The Morgan fingerprint density at radius 3 is 2.84 bits per heavy atom. The van der Waals surface area contributed by atoms with Crippen LogP contribution in [0.25, 0.3) is 0 Å². The number of anilines is 1. The predicted octanol–water partition coefficient (Wildman–Crippen LogP) is 4.08. The molecule has 1 saturated carbocycles. The first-order valence-electron chi connectivity index (χ1n) is 7.11. The van der Waals surface area contributed by atoms with Gasteiger partial charge in [-0.05, 0) is 50.7 Å². The SMILES string of the molecule is CCOc1cccnc1NC1(CCl)CCC(C)CC1. The number of hydrogen-bond acceptors (Lipinski definition) is 3. The third-order valence-electron chi connectivity index (χ3n) is 3.94. The molecule has 1 heterocycles. The van der Waals surface area contributed by atoms with Crippen molar-refractivity contribution in [2.24, 2.45) is 5.92 Å². The molecule has 1 aromatic heterocycles. The largest absolute Gasteiger partial charge is 0.490 e. The molecule has 0 saturated heterocycles. The van der Waals surface area contributed by atoms with Gasteiger partial charge in [0.25, 0.3) is 0 Å². The number of halogens is 1. The van der Waals surface area contributed by atoms with Crippen molar-refractivity contribution < 1.29 is 4.74 Å². The van der Waals surface area contributed by atoms with Crippen molar-refractivity contribution in [2.45, 2.75) is 45.1 Å². The molecule has 1 fully saturated rings. The Morgan fingerprint density at radius 1 is 1.47 bits per heavy atom. The average Bonchev–Trinajstić information content (AvgIpc) is 2.44. The monoisotopic (exact) mass is 282 g/mol. The molecule has 0 spiro atoms. The van der Waals surface area contributed by atoms with Crippen LogP contribution in [0.5, 0.6) is 5.75 Å². The van der Waals surface area contributed by atoms with Crippen molar-refractivity contribution in [3.63, 3.8) is 0 Å². The fourth-order valence-electron chi connectivity index (χ4n) is 2.61. The van der Waals surface area contributed by atoms with Crippen LogP contribution in [0.2, 0.25) is 0 Å². The Hall–Kier alpha value is -0.960. The highest BCUT2D eigenvalue weighted by atomic mass is 35.5. The number of nitrogens with one attached hydrogen (secondary N) is 1. The molecule has 2 rings (SSSR count). The Labute approximate surface area is 120 Å². The van der Waals surface area contributed by atoms with E-state index in [0.29, 0.717) is 12.5 Å². The summed E-state index contributed by atoms with van der Waals surface area (Å²) in [5, 5.41) is 3.55. The minimum atomic E-state index is -0.0335. The van der Waals surface area contributed by atoms with Crippen molar-refractivity contribution in [1.29, 1.82) is 0 Å². The van der Waals surface area contributed by atoms with Gasteiger partial charge in [-0.25, -0.2) is 4.98 Å². The van der Waals surface area contributed by atoms with Gasteiger partial charge in [-0.3, -0.25) is 0 Å². The van der Waals surface area contributed by atoms with Crippen molar-refractivity contribution in [3.8, 4) is 5.75 Å². The molecule has 1 aliphatic rings. The van der Waals surface area contributed by atoms with Gasteiger partial charge in [0.2, 0.25) is 0 Å². The van der Waals surface area contributed by atoms with Crippen molar-refractivity contribution >= 4 is 17.4 Å². The van der Waals surface area contributed by atoms with Crippen LogP contribution >= 0.6 is 11.6 Å². The van der Waals surface area contributed by atoms with E-state index in [-0.39, 0.29) is 5.54 Å². The zero-order valence-electron chi connectivity index (χ0n) is 11.8. The van der Waals surface area contributed by atoms with Crippen molar-refractivity contribution in [2.75, 3.05) is 17.8 Å². The Balaban J connectivity index is 2.14. The van der Waals surface area contributed by atoms with Gasteiger partial charge in [-0.1, -0.05) is 6.92 Å². The fraction of sp³-hybridized carbons (Fsp3) is 0.667. The van der Waals surface area contributed by atoms with Crippen molar-refractivity contribution in [3.05, 3.63) is 18.3 Å². The maximum absolute atomic E-state index is 6.23. The lowest BCUT2D eigenvalue weighted by Crippen LogP contribution is -2.43. The van der Waals surface area contributed by atoms with Crippen LogP contribution in [0.15, 0.2) is 18.3 Å². The van der Waals surface area contributed by atoms with Gasteiger partial charge in [0, 0.05) is 12.1 Å². The van der Waals surface area contributed by atoms with Gasteiger partial charge in [0.15, 0.2) is 11.6 Å². The van der Waals surface area contributed by atoms with Crippen LogP contribution in [0.4, 0.5) is 5.82 Å². The van der Waals surface area contributed by atoms with E-state index in [1.165, 1.54) is 12.8 Å². The first kappa shape index (κ1) is 14.4. The second kappa shape index (κ2) is 6.47. The number of aromatic nitrogens is 1. The molecular weight excluding hydrogens is 260 g/mol. The Kier molecular flexibility index (Phi) is 4.92. The average molecular weight is 283 g/mol. The second-order valence-electron chi connectivity index (χ2n) is 5.50. The molecular formula is C15H23ClN2O. The third-order valence-corrected chi connectivity index (χ3v) is 4.45. The topological polar surface area (TPSA) is 34.1 Å². The molecule has 1 N–H and O–H groups in total. The number of nitrogens with zero attached hydrogens (tertiary/aromatic N) is 1. The maximum Gasteiger partial charge on any atom is 0.169 e. The molecule has 0 bridgehead atoms. The summed E-state index contributed by atoms with van der Waals surface area (Å²) in [5.74, 6) is 3.04. The van der Waals surface area contributed by atoms with Crippen LogP contribution in [0.3, 0.4) is 0 Å². The number of alkyl halides is 1. The van der Waals surface area contributed by atoms with Crippen molar-refractivity contribution in [1.82, 2.24) is 4.98 Å². The summed E-state index contributed by atoms with van der Waals surface area (Å²) in [6.07, 6.45) is 6.42. The van der Waals surface area contributed by atoms with E-state index in [1.54, 1.807) is 6.20 Å². The molecule has 1 aliphatic carbocycles. The number of ether oxygens (including phenoxy) is 1. The van der Waals surface area contributed by atoms with Gasteiger partial charge in [-0.15, -0.1) is 11.6 Å². The van der Waals surface area contributed by atoms with Crippen LogP contribution < -0.4 is 10.1 Å². The summed E-state index contributed by atoms with van der Waals surface area (Å²) >= 11 is 6.23. The number of hydrogen-bond donors (Lipinski definition) is 1. The number of rotatable bonds is 5. The smallest absolute Gasteiger partial charge is 0.169 e. The van der Waals surface area contributed by atoms with Crippen LogP contribution in [0, 0.1) is 5.92 Å². The highest BCUT2D eigenvalue weighted by Gasteiger charge is 2.34. The Morgan fingerprint density at radius 2 is 2.21 bits per heavy atom. The van der Waals surface area contributed by atoms with Gasteiger partial charge in [0.1, 0.15) is 0 Å². The zero-order chi connectivity index (χ0) is 13.7. The summed E-state index contributed by atoms with van der Waals surface area (Å²) in [6, 6.07) is 3.85. The maximum atomic E-state index is 6.23. The molecule has 0 radical (unpaired) electrons. The van der Waals surface area contributed by atoms with E-state index < -0.39 is 0 Å². The first-order valence-corrected chi connectivity index (χ1v) is 7.64. The van der Waals surface area contributed by atoms with Gasteiger partial charge in [-0.2, -0.15) is 0 Å². The molecule has 0 unspecified atom stereocenters. The standard InChI is InChI=1S/C15H23ClN2O/c1-3-19-13-5-4-10-17-14(13)18-15(11-16)8-6-12(2)7-9-15/h4-5,10,12H,3,6-9,11H2,1-2H3,(H,17,18). The normalized spacial score (nSPS) is 27.0. The molecule has 106 valence electrons. The lowest BCUT2D eigenvalue weighted by molar-refractivity contribution is 0.284. The van der Waals surface area contributed by atoms with E-state index in [1.807, 2.05) is 19.1 Å². The molecule has 1 aromatic rings.